The van der Waals surface area contributed by atoms with Gasteiger partial charge in [0.15, 0.2) is 35.6 Å². The van der Waals surface area contributed by atoms with Crippen LogP contribution in [0.1, 0.15) is 24.2 Å². The van der Waals surface area contributed by atoms with Gasteiger partial charge in [0.1, 0.15) is 55.4 Å². The first kappa shape index (κ1) is 35.3. The number of methoxy groups -OCH3 is 1. The van der Waals surface area contributed by atoms with E-state index in [1.54, 1.807) is 0 Å². The quantitative estimate of drug-likeness (QED) is 0.0782. The Labute approximate surface area is 262 Å². The summed E-state index contributed by atoms with van der Waals surface area (Å²) in [5, 5.41) is 92.1. The molecule has 0 saturated carbocycles. The van der Waals surface area contributed by atoms with E-state index in [9.17, 15) is 50.8 Å². The lowest BCUT2D eigenvalue weighted by molar-refractivity contribution is -0.366. The fourth-order valence-electron chi connectivity index (χ4n) is 4.81. The molecule has 254 valence electrons. The van der Waals surface area contributed by atoms with Gasteiger partial charge in [-0.3, -0.25) is 0 Å². The van der Waals surface area contributed by atoms with Crippen molar-refractivity contribution in [3.8, 4) is 23.0 Å². The predicted molar refractivity (Wildman–Crippen MR) is 153 cm³/mol. The number of phenols is 3. The summed E-state index contributed by atoms with van der Waals surface area (Å²) in [5.41, 5.74) is 0.647. The molecule has 2 saturated heterocycles. The van der Waals surface area contributed by atoms with Crippen molar-refractivity contribution in [3.05, 3.63) is 53.6 Å². The third-order valence-electron chi connectivity index (χ3n) is 7.55. The number of aliphatic hydroxyl groups is 6. The first-order valence-electron chi connectivity index (χ1n) is 14.2. The van der Waals surface area contributed by atoms with Crippen molar-refractivity contribution >= 4 is 12.0 Å². The SMILES string of the molecule is COc1cc(/C=C/C(=O)OC[C@H]2O[C@@H](OC[C@H](O)c3ccc(O)c(O)c3)[C@H](O[C@H]3O[C@H](C)[C@@H](O)[C@H](O)[C@@H]3O)[C@@H](O)[C@@H]2O)ccc1O. The van der Waals surface area contributed by atoms with E-state index >= 15 is 0 Å². The van der Waals surface area contributed by atoms with Gasteiger partial charge < -0.3 is 74.4 Å². The summed E-state index contributed by atoms with van der Waals surface area (Å²) in [6.07, 6.45) is -14.6. The smallest absolute Gasteiger partial charge is 0.330 e. The molecule has 2 aliphatic rings. The van der Waals surface area contributed by atoms with Crippen LogP contribution in [0.25, 0.3) is 6.08 Å². The van der Waals surface area contributed by atoms with E-state index in [1.807, 2.05) is 0 Å². The number of aliphatic hydroxyl groups excluding tert-OH is 6. The molecule has 2 heterocycles. The summed E-state index contributed by atoms with van der Waals surface area (Å²) in [6.45, 7) is 0.299. The monoisotopic (exact) mass is 654 g/mol. The lowest BCUT2D eigenvalue weighted by Gasteiger charge is -2.45. The molecule has 46 heavy (non-hydrogen) atoms. The largest absolute Gasteiger partial charge is 0.504 e. The summed E-state index contributed by atoms with van der Waals surface area (Å²) < 4.78 is 32.8. The molecule has 2 aromatic rings. The van der Waals surface area contributed by atoms with Crippen LogP contribution in [0.5, 0.6) is 23.0 Å². The number of rotatable bonds is 11. The number of benzene rings is 2. The van der Waals surface area contributed by atoms with Crippen molar-refractivity contribution in [1.29, 1.82) is 0 Å². The number of aromatic hydroxyl groups is 3. The summed E-state index contributed by atoms with van der Waals surface area (Å²) in [7, 11) is 1.37. The van der Waals surface area contributed by atoms with E-state index in [4.69, 9.17) is 28.4 Å². The van der Waals surface area contributed by atoms with Crippen LogP contribution >= 0.6 is 0 Å². The van der Waals surface area contributed by atoms with E-state index in [0.717, 1.165) is 18.2 Å². The van der Waals surface area contributed by atoms with Crippen LogP contribution in [0, 0.1) is 0 Å². The third kappa shape index (κ3) is 8.23. The summed E-state index contributed by atoms with van der Waals surface area (Å²) >= 11 is 0. The molecule has 0 unspecified atom stereocenters. The van der Waals surface area contributed by atoms with Crippen molar-refractivity contribution in [2.45, 2.75) is 74.4 Å². The van der Waals surface area contributed by atoms with E-state index in [2.05, 4.69) is 0 Å². The first-order chi connectivity index (χ1) is 21.8. The lowest BCUT2D eigenvalue weighted by atomic mass is 9.97. The standard InChI is InChI=1S/C30H38O16/c1-13-23(36)25(38)27(40)29(44-13)46-28-26(39)24(37)21(12-42-22(35)8-4-14-3-6-17(32)20(9-14)41-2)45-30(28)43-11-19(34)15-5-7-16(31)18(33)10-15/h3-10,13,19,21,23-34,36-40H,11-12H2,1-2H3/b8-4+/t13-,19+,21-,23-,24-,25+,26+,27+,28-,29-,30-/m1/s1. The van der Waals surface area contributed by atoms with E-state index in [0.29, 0.717) is 5.56 Å². The van der Waals surface area contributed by atoms with Gasteiger partial charge in [-0.15, -0.1) is 0 Å². The molecule has 0 aliphatic carbocycles. The van der Waals surface area contributed by atoms with E-state index in [1.165, 1.54) is 44.4 Å². The number of phenolic OH excluding ortho intramolecular Hbond substituents is 3. The second-order valence-corrected chi connectivity index (χ2v) is 10.8. The highest BCUT2D eigenvalue weighted by Gasteiger charge is 2.50. The summed E-state index contributed by atoms with van der Waals surface area (Å²) in [6, 6.07) is 7.95. The molecule has 0 bridgehead atoms. The minimum absolute atomic E-state index is 0.0927. The Kier molecular flexibility index (Phi) is 11.8. The molecular weight excluding hydrogens is 616 g/mol. The highest BCUT2D eigenvalue weighted by atomic mass is 16.8. The number of ether oxygens (including phenoxy) is 6. The number of hydrogen-bond acceptors (Lipinski definition) is 16. The molecule has 0 radical (unpaired) electrons. The third-order valence-corrected chi connectivity index (χ3v) is 7.55. The van der Waals surface area contributed by atoms with Crippen LogP contribution in [0.2, 0.25) is 0 Å². The zero-order chi connectivity index (χ0) is 33.7. The van der Waals surface area contributed by atoms with Gasteiger partial charge in [-0.25, -0.2) is 4.79 Å². The minimum Gasteiger partial charge on any atom is -0.504 e. The van der Waals surface area contributed by atoms with Crippen LogP contribution < -0.4 is 4.74 Å². The van der Waals surface area contributed by atoms with Gasteiger partial charge in [0.05, 0.1) is 19.8 Å². The summed E-state index contributed by atoms with van der Waals surface area (Å²) in [4.78, 5) is 12.4. The molecule has 2 aromatic carbocycles. The normalized spacial score (nSPS) is 32.3. The van der Waals surface area contributed by atoms with Gasteiger partial charge in [-0.05, 0) is 48.4 Å². The Morgan fingerprint density at radius 2 is 1.59 bits per heavy atom. The van der Waals surface area contributed by atoms with Gasteiger partial charge in [-0.1, -0.05) is 12.1 Å². The van der Waals surface area contributed by atoms with Crippen molar-refractivity contribution in [2.75, 3.05) is 20.3 Å². The summed E-state index contributed by atoms with van der Waals surface area (Å²) in [5.74, 6) is -1.67. The Bertz CT molecular complexity index is 1350. The van der Waals surface area contributed by atoms with Crippen LogP contribution in [0.15, 0.2) is 42.5 Å². The Hall–Kier alpha value is -3.55. The number of esters is 1. The minimum atomic E-state index is -1.81. The van der Waals surface area contributed by atoms with Gasteiger partial charge in [0, 0.05) is 6.08 Å². The molecule has 11 atom stereocenters. The molecule has 0 amide bonds. The second-order valence-electron chi connectivity index (χ2n) is 10.8. The molecule has 2 aliphatic heterocycles. The van der Waals surface area contributed by atoms with E-state index < -0.39 is 98.2 Å². The van der Waals surface area contributed by atoms with Gasteiger partial charge in [-0.2, -0.15) is 0 Å². The van der Waals surface area contributed by atoms with E-state index in [-0.39, 0.29) is 17.1 Å². The lowest BCUT2D eigenvalue weighted by Crippen LogP contribution is -2.64. The fraction of sp³-hybridized carbons (Fsp3) is 0.500. The molecule has 16 nitrogen and oxygen atoms in total. The Morgan fingerprint density at radius 3 is 2.28 bits per heavy atom. The van der Waals surface area contributed by atoms with Gasteiger partial charge in [0.25, 0.3) is 0 Å². The van der Waals surface area contributed by atoms with Gasteiger partial charge >= 0.3 is 5.97 Å². The average molecular weight is 655 g/mol. The van der Waals surface area contributed by atoms with Crippen molar-refractivity contribution in [3.63, 3.8) is 0 Å². The van der Waals surface area contributed by atoms with Crippen LogP contribution in [-0.2, 0) is 28.5 Å². The highest BCUT2D eigenvalue weighted by Crippen LogP contribution is 2.32. The average Bonchev–Trinajstić information content (AvgIpc) is 3.04. The molecule has 9 N–H and O–H groups in total. The van der Waals surface area contributed by atoms with Crippen molar-refractivity contribution in [2.24, 2.45) is 0 Å². The Balaban J connectivity index is 1.46. The maximum atomic E-state index is 12.4. The topological polar surface area (TPSA) is 255 Å². The molecule has 0 aromatic heterocycles. The molecule has 4 rings (SSSR count). The highest BCUT2D eigenvalue weighted by molar-refractivity contribution is 5.87. The first-order valence-corrected chi connectivity index (χ1v) is 14.2. The van der Waals surface area contributed by atoms with Crippen molar-refractivity contribution < 1.29 is 79.2 Å². The van der Waals surface area contributed by atoms with Crippen LogP contribution in [0.3, 0.4) is 0 Å². The number of carbonyl (C=O) groups excluding carboxylic acids is 1. The molecular formula is C30H38O16. The van der Waals surface area contributed by atoms with Gasteiger partial charge in [0.2, 0.25) is 0 Å². The van der Waals surface area contributed by atoms with Crippen LogP contribution in [0.4, 0.5) is 0 Å². The zero-order valence-corrected chi connectivity index (χ0v) is 24.8. The number of hydrogen-bond donors (Lipinski definition) is 9. The van der Waals surface area contributed by atoms with Crippen molar-refractivity contribution in [1.82, 2.24) is 0 Å². The number of carbonyl (C=O) groups is 1. The zero-order valence-electron chi connectivity index (χ0n) is 24.8. The maximum absolute atomic E-state index is 12.4. The predicted octanol–water partition coefficient (Wildman–Crippen LogP) is -1.22. The second kappa shape index (κ2) is 15.4. The Morgan fingerprint density at radius 1 is 0.870 bits per heavy atom. The van der Waals surface area contributed by atoms with Crippen LogP contribution in [-0.4, -0.2) is 134 Å². The maximum Gasteiger partial charge on any atom is 0.330 e. The molecule has 2 fully saturated rings. The molecule has 16 heteroatoms. The molecule has 0 spiro atoms. The fourth-order valence-corrected chi connectivity index (χ4v) is 4.81.